The summed E-state index contributed by atoms with van der Waals surface area (Å²) in [6, 6.07) is 25.0. The first-order valence-electron chi connectivity index (χ1n) is 9.35. The number of hydrogen-bond donors (Lipinski definition) is 2. The molecule has 0 saturated carbocycles. The summed E-state index contributed by atoms with van der Waals surface area (Å²) in [5.74, 6) is 1.44. The van der Waals surface area contributed by atoms with Crippen LogP contribution in [0.2, 0.25) is 0 Å². The number of aromatic nitrogens is 2. The molecule has 2 heterocycles. The molecule has 0 aliphatic rings. The lowest BCUT2D eigenvalue weighted by Gasteiger charge is -2.06. The van der Waals surface area contributed by atoms with E-state index < -0.39 is 0 Å². The Morgan fingerprint density at radius 2 is 1.45 bits per heavy atom. The second kappa shape index (κ2) is 7.26. The Morgan fingerprint density at radius 3 is 2.24 bits per heavy atom. The minimum Gasteiger partial charge on any atom is -0.493 e. The van der Waals surface area contributed by atoms with Crippen molar-refractivity contribution in [2.24, 2.45) is 0 Å². The van der Waals surface area contributed by atoms with Crippen molar-refractivity contribution in [2.75, 3.05) is 14.2 Å². The van der Waals surface area contributed by atoms with Gasteiger partial charge < -0.3 is 19.4 Å². The van der Waals surface area contributed by atoms with Crippen LogP contribution in [0.4, 0.5) is 0 Å². The third-order valence-corrected chi connectivity index (χ3v) is 6.15. The van der Waals surface area contributed by atoms with E-state index in [4.69, 9.17) is 9.47 Å². The summed E-state index contributed by atoms with van der Waals surface area (Å²) in [7, 11) is 3.31. The van der Waals surface area contributed by atoms with Gasteiger partial charge in [-0.3, -0.25) is 0 Å². The highest BCUT2D eigenvalue weighted by Gasteiger charge is 2.17. The van der Waals surface area contributed by atoms with Gasteiger partial charge in [-0.2, -0.15) is 0 Å². The van der Waals surface area contributed by atoms with E-state index in [2.05, 4.69) is 64.6 Å². The lowest BCUT2D eigenvalue weighted by molar-refractivity contribution is 0.356. The summed E-state index contributed by atoms with van der Waals surface area (Å²) in [6.07, 6.45) is 0. The van der Waals surface area contributed by atoms with Gasteiger partial charge in [-0.1, -0.05) is 48.2 Å². The zero-order chi connectivity index (χ0) is 19.8. The SMILES string of the molecule is COc1cc2cc(-c3[nH]c4ccccc4c3Sc3ccccc3)[nH]c2cc1OC. The highest BCUT2D eigenvalue weighted by molar-refractivity contribution is 7.99. The van der Waals surface area contributed by atoms with Gasteiger partial charge in [-0.05, 0) is 30.3 Å². The molecule has 0 bridgehead atoms. The Morgan fingerprint density at radius 1 is 0.724 bits per heavy atom. The lowest BCUT2D eigenvalue weighted by atomic mass is 10.2. The molecule has 0 amide bonds. The van der Waals surface area contributed by atoms with E-state index in [1.54, 1.807) is 26.0 Å². The summed E-state index contributed by atoms with van der Waals surface area (Å²) < 4.78 is 10.9. The number of nitrogens with one attached hydrogen (secondary N) is 2. The molecule has 5 aromatic rings. The highest BCUT2D eigenvalue weighted by Crippen LogP contribution is 2.42. The van der Waals surface area contributed by atoms with E-state index >= 15 is 0 Å². The Hall–Kier alpha value is -3.31. The minimum atomic E-state index is 0.712. The normalized spacial score (nSPS) is 11.2. The third-order valence-electron chi connectivity index (χ3n) is 5.02. The van der Waals surface area contributed by atoms with Crippen LogP contribution in [0.1, 0.15) is 0 Å². The average Bonchev–Trinajstić information content (AvgIpc) is 3.34. The zero-order valence-electron chi connectivity index (χ0n) is 16.2. The molecular formula is C24H20N2O2S. The van der Waals surface area contributed by atoms with E-state index in [-0.39, 0.29) is 0 Å². The van der Waals surface area contributed by atoms with Gasteiger partial charge in [0.05, 0.1) is 25.6 Å². The largest absolute Gasteiger partial charge is 0.493 e. The molecule has 0 atom stereocenters. The van der Waals surface area contributed by atoms with Gasteiger partial charge in [-0.25, -0.2) is 0 Å². The summed E-state index contributed by atoms with van der Waals surface area (Å²) in [5, 5.41) is 2.29. The van der Waals surface area contributed by atoms with Crippen molar-refractivity contribution in [3.05, 3.63) is 72.8 Å². The maximum absolute atomic E-state index is 5.46. The summed E-state index contributed by atoms with van der Waals surface area (Å²) >= 11 is 1.77. The molecule has 0 radical (unpaired) electrons. The molecular weight excluding hydrogens is 380 g/mol. The van der Waals surface area contributed by atoms with Gasteiger partial charge in [0.15, 0.2) is 11.5 Å². The summed E-state index contributed by atoms with van der Waals surface area (Å²) in [5.41, 5.74) is 4.24. The first-order valence-corrected chi connectivity index (χ1v) is 10.2. The molecule has 29 heavy (non-hydrogen) atoms. The number of para-hydroxylation sites is 1. The van der Waals surface area contributed by atoms with Gasteiger partial charge >= 0.3 is 0 Å². The van der Waals surface area contributed by atoms with Crippen LogP contribution in [0.3, 0.4) is 0 Å². The van der Waals surface area contributed by atoms with E-state index in [9.17, 15) is 0 Å². The van der Waals surface area contributed by atoms with Crippen molar-refractivity contribution in [1.29, 1.82) is 0 Å². The van der Waals surface area contributed by atoms with E-state index in [1.807, 2.05) is 18.2 Å². The first-order chi connectivity index (χ1) is 14.3. The lowest BCUT2D eigenvalue weighted by Crippen LogP contribution is -1.89. The number of fused-ring (bicyclic) bond motifs is 2. The quantitative estimate of drug-likeness (QED) is 0.355. The first kappa shape index (κ1) is 17.8. The van der Waals surface area contributed by atoms with Gasteiger partial charge in [-0.15, -0.1) is 0 Å². The minimum absolute atomic E-state index is 0.712. The molecule has 5 heteroatoms. The maximum Gasteiger partial charge on any atom is 0.162 e. The van der Waals surface area contributed by atoms with Crippen LogP contribution in [-0.4, -0.2) is 24.2 Å². The molecule has 0 aliphatic carbocycles. The van der Waals surface area contributed by atoms with Crippen LogP contribution in [0.25, 0.3) is 33.2 Å². The number of aromatic amines is 2. The van der Waals surface area contributed by atoms with Crippen LogP contribution in [0.5, 0.6) is 11.5 Å². The molecule has 2 N–H and O–H groups in total. The monoisotopic (exact) mass is 400 g/mol. The summed E-state index contributed by atoms with van der Waals surface area (Å²) in [4.78, 5) is 9.56. The van der Waals surface area contributed by atoms with Crippen LogP contribution >= 0.6 is 11.8 Å². The van der Waals surface area contributed by atoms with Crippen molar-refractivity contribution in [3.63, 3.8) is 0 Å². The van der Waals surface area contributed by atoms with Gasteiger partial charge in [0, 0.05) is 37.7 Å². The molecule has 0 fully saturated rings. The Kier molecular flexibility index (Phi) is 4.45. The fourth-order valence-electron chi connectivity index (χ4n) is 3.61. The fraction of sp³-hybridized carbons (Fsp3) is 0.0833. The standard InChI is InChI=1S/C24H20N2O2S/c1-27-21-13-15-12-20(25-19(15)14-22(21)28-2)23-24(29-16-8-4-3-5-9-16)17-10-6-7-11-18(17)26-23/h3-14,25-26H,1-2H3. The van der Waals surface area contributed by atoms with Crippen molar-refractivity contribution >= 4 is 33.6 Å². The van der Waals surface area contributed by atoms with E-state index in [0.717, 1.165) is 33.6 Å². The average molecular weight is 401 g/mol. The third kappa shape index (κ3) is 3.13. The van der Waals surface area contributed by atoms with Crippen molar-refractivity contribution in [2.45, 2.75) is 9.79 Å². The molecule has 0 unspecified atom stereocenters. The van der Waals surface area contributed by atoms with Gasteiger partial charge in [0.1, 0.15) is 0 Å². The smallest absolute Gasteiger partial charge is 0.162 e. The number of hydrogen-bond acceptors (Lipinski definition) is 3. The number of methoxy groups -OCH3 is 2. The molecule has 0 spiro atoms. The van der Waals surface area contributed by atoms with Crippen LogP contribution in [-0.2, 0) is 0 Å². The van der Waals surface area contributed by atoms with Gasteiger partial charge in [0.25, 0.3) is 0 Å². The molecule has 4 nitrogen and oxygen atoms in total. The van der Waals surface area contributed by atoms with Crippen molar-refractivity contribution < 1.29 is 9.47 Å². The Balaban J connectivity index is 1.69. The molecule has 5 rings (SSSR count). The Bertz CT molecular complexity index is 1260. The van der Waals surface area contributed by atoms with Crippen molar-refractivity contribution in [1.82, 2.24) is 9.97 Å². The number of benzene rings is 3. The molecule has 0 aliphatic heterocycles. The molecule has 0 saturated heterocycles. The molecule has 144 valence electrons. The highest BCUT2D eigenvalue weighted by atomic mass is 32.2. The second-order valence-electron chi connectivity index (χ2n) is 6.77. The van der Waals surface area contributed by atoms with Crippen LogP contribution in [0, 0.1) is 0 Å². The fourth-order valence-corrected chi connectivity index (χ4v) is 4.69. The number of ether oxygens (including phenoxy) is 2. The van der Waals surface area contributed by atoms with E-state index in [1.165, 1.54) is 15.2 Å². The van der Waals surface area contributed by atoms with Crippen molar-refractivity contribution in [3.8, 4) is 22.9 Å². The van der Waals surface area contributed by atoms with Crippen LogP contribution < -0.4 is 9.47 Å². The van der Waals surface area contributed by atoms with Gasteiger partial charge in [0.2, 0.25) is 0 Å². The number of H-pyrrole nitrogens is 2. The number of rotatable bonds is 5. The topological polar surface area (TPSA) is 50.0 Å². The zero-order valence-corrected chi connectivity index (χ0v) is 17.0. The predicted molar refractivity (Wildman–Crippen MR) is 119 cm³/mol. The van der Waals surface area contributed by atoms with E-state index in [0.29, 0.717) is 5.75 Å². The summed E-state index contributed by atoms with van der Waals surface area (Å²) in [6.45, 7) is 0. The second-order valence-corrected chi connectivity index (χ2v) is 7.85. The maximum atomic E-state index is 5.46. The Labute approximate surface area is 172 Å². The molecule has 2 aromatic heterocycles. The molecule has 3 aromatic carbocycles. The predicted octanol–water partition coefficient (Wildman–Crippen LogP) is 6.48. The van der Waals surface area contributed by atoms with Crippen LogP contribution in [0.15, 0.2) is 82.6 Å².